The maximum Gasteiger partial charge on any atom is 0.266 e. The van der Waals surface area contributed by atoms with E-state index >= 15 is 0 Å². The molecule has 0 bridgehead atoms. The Morgan fingerprint density at radius 2 is 2.12 bits per heavy atom. The highest BCUT2D eigenvalue weighted by Gasteiger charge is 2.36. The van der Waals surface area contributed by atoms with Gasteiger partial charge in [0.25, 0.3) is 5.91 Å². The zero-order chi connectivity index (χ0) is 17.3. The fraction of sp³-hybridized carbons (Fsp3) is 0.222. The molecule has 1 heterocycles. The second-order valence-electron chi connectivity index (χ2n) is 5.78. The number of anilines is 1. The maximum absolute atomic E-state index is 12.3. The molecule has 2 atom stereocenters. The predicted molar refractivity (Wildman–Crippen MR) is 93.9 cm³/mol. The van der Waals surface area contributed by atoms with E-state index in [0.717, 1.165) is 12.2 Å². The molecule has 0 saturated heterocycles. The molecule has 24 heavy (non-hydrogen) atoms. The van der Waals surface area contributed by atoms with Crippen molar-refractivity contribution < 1.29 is 9.21 Å². The SMILES string of the molecule is C[C@@H]1C[C@H]1c1ccc(/C=C(\C#N)C(=O)Nc2cccc(Cl)c2Cl)o1. The summed E-state index contributed by atoms with van der Waals surface area (Å²) in [6.45, 7) is 2.16. The number of amides is 1. The van der Waals surface area contributed by atoms with Gasteiger partial charge in [0, 0.05) is 12.0 Å². The molecule has 1 saturated carbocycles. The van der Waals surface area contributed by atoms with Crippen molar-refractivity contribution in [1.29, 1.82) is 5.26 Å². The van der Waals surface area contributed by atoms with E-state index in [4.69, 9.17) is 27.6 Å². The Bertz CT molecular complexity index is 864. The topological polar surface area (TPSA) is 66.0 Å². The molecule has 1 aromatic carbocycles. The summed E-state index contributed by atoms with van der Waals surface area (Å²) in [5, 5.41) is 12.4. The summed E-state index contributed by atoms with van der Waals surface area (Å²) in [4.78, 5) is 12.3. The Morgan fingerprint density at radius 1 is 1.38 bits per heavy atom. The third kappa shape index (κ3) is 3.48. The zero-order valence-electron chi connectivity index (χ0n) is 12.8. The third-order valence-electron chi connectivity index (χ3n) is 3.97. The third-order valence-corrected chi connectivity index (χ3v) is 4.79. The van der Waals surface area contributed by atoms with Gasteiger partial charge in [0.15, 0.2) is 0 Å². The molecule has 1 fully saturated rings. The number of carbonyl (C=O) groups is 1. The molecule has 6 heteroatoms. The number of rotatable bonds is 4. The fourth-order valence-corrected chi connectivity index (χ4v) is 2.79. The Hall–Kier alpha value is -2.22. The molecular weight excluding hydrogens is 347 g/mol. The first-order valence-corrected chi connectivity index (χ1v) is 8.22. The first kappa shape index (κ1) is 16.6. The largest absolute Gasteiger partial charge is 0.461 e. The van der Waals surface area contributed by atoms with Crippen molar-refractivity contribution in [2.24, 2.45) is 5.92 Å². The summed E-state index contributed by atoms with van der Waals surface area (Å²) in [6.07, 6.45) is 2.53. The number of benzene rings is 1. The van der Waals surface area contributed by atoms with E-state index < -0.39 is 5.91 Å². The van der Waals surface area contributed by atoms with E-state index in [9.17, 15) is 10.1 Å². The van der Waals surface area contributed by atoms with Crippen LogP contribution in [0.4, 0.5) is 5.69 Å². The Kier molecular flexibility index (Phi) is 4.66. The van der Waals surface area contributed by atoms with E-state index in [1.165, 1.54) is 6.08 Å². The van der Waals surface area contributed by atoms with Gasteiger partial charge >= 0.3 is 0 Å². The van der Waals surface area contributed by atoms with Crippen molar-refractivity contribution in [2.45, 2.75) is 19.3 Å². The minimum Gasteiger partial charge on any atom is -0.461 e. The highest BCUT2D eigenvalue weighted by atomic mass is 35.5. The molecule has 1 aliphatic carbocycles. The van der Waals surface area contributed by atoms with Crippen LogP contribution in [0.15, 0.2) is 40.3 Å². The van der Waals surface area contributed by atoms with E-state index in [0.29, 0.717) is 28.3 Å². The first-order chi connectivity index (χ1) is 11.5. The normalized spacial score (nSPS) is 19.7. The second-order valence-corrected chi connectivity index (χ2v) is 6.57. The number of nitriles is 1. The molecule has 0 spiro atoms. The minimum absolute atomic E-state index is 0.0733. The van der Waals surface area contributed by atoms with Crippen molar-refractivity contribution in [1.82, 2.24) is 0 Å². The van der Waals surface area contributed by atoms with E-state index in [-0.39, 0.29) is 10.6 Å². The summed E-state index contributed by atoms with van der Waals surface area (Å²) >= 11 is 11.9. The van der Waals surface area contributed by atoms with E-state index in [1.54, 1.807) is 24.3 Å². The molecule has 0 radical (unpaired) electrons. The average Bonchev–Trinajstić information content (AvgIpc) is 3.10. The Labute approximate surface area is 149 Å². The number of furan rings is 1. The molecule has 4 nitrogen and oxygen atoms in total. The summed E-state index contributed by atoms with van der Waals surface area (Å²) < 4.78 is 5.70. The van der Waals surface area contributed by atoms with Gasteiger partial charge in [0.2, 0.25) is 0 Å². The predicted octanol–water partition coefficient (Wildman–Crippen LogP) is 5.26. The molecule has 1 aromatic heterocycles. The van der Waals surface area contributed by atoms with Crippen molar-refractivity contribution in [3.8, 4) is 6.07 Å². The molecule has 0 unspecified atom stereocenters. The number of nitrogens with one attached hydrogen (secondary N) is 1. The lowest BCUT2D eigenvalue weighted by Gasteiger charge is -2.07. The molecule has 2 aromatic rings. The van der Waals surface area contributed by atoms with E-state index in [1.807, 2.05) is 12.1 Å². The van der Waals surface area contributed by atoms with Crippen LogP contribution < -0.4 is 5.32 Å². The lowest BCUT2D eigenvalue weighted by Crippen LogP contribution is -2.13. The zero-order valence-corrected chi connectivity index (χ0v) is 14.4. The molecule has 1 amide bonds. The first-order valence-electron chi connectivity index (χ1n) is 7.46. The number of carbonyl (C=O) groups excluding carboxylic acids is 1. The summed E-state index contributed by atoms with van der Waals surface area (Å²) in [5.74, 6) is 1.87. The molecular formula is C18H14Cl2N2O2. The number of hydrogen-bond donors (Lipinski definition) is 1. The summed E-state index contributed by atoms with van der Waals surface area (Å²) in [5.41, 5.74) is 0.276. The van der Waals surface area contributed by atoms with Crippen molar-refractivity contribution >= 4 is 40.9 Å². The molecule has 1 N–H and O–H groups in total. The molecule has 0 aliphatic heterocycles. The summed E-state index contributed by atoms with van der Waals surface area (Å²) in [6, 6.07) is 10.4. The molecule has 122 valence electrons. The van der Waals surface area contributed by atoms with Gasteiger partial charge in [-0.25, -0.2) is 0 Å². The number of halogens is 2. The average molecular weight is 361 g/mol. The molecule has 1 aliphatic rings. The summed E-state index contributed by atoms with van der Waals surface area (Å²) in [7, 11) is 0. The standard InChI is InChI=1S/C18H14Cl2N2O2/c1-10-7-13(10)16-6-5-12(24-16)8-11(9-21)18(23)22-15-4-2-3-14(19)17(15)20/h2-6,8,10,13H,7H2,1H3,(H,22,23)/b11-8+/t10-,13-/m1/s1. The van der Waals surface area contributed by atoms with Gasteiger partial charge in [0.1, 0.15) is 23.2 Å². The van der Waals surface area contributed by atoms with Crippen LogP contribution >= 0.6 is 23.2 Å². The van der Waals surface area contributed by atoms with Gasteiger partial charge in [-0.05, 0) is 36.6 Å². The lowest BCUT2D eigenvalue weighted by molar-refractivity contribution is -0.112. The van der Waals surface area contributed by atoms with Gasteiger partial charge in [-0.2, -0.15) is 5.26 Å². The second kappa shape index (κ2) is 6.72. The van der Waals surface area contributed by atoms with E-state index in [2.05, 4.69) is 12.2 Å². The van der Waals surface area contributed by atoms with Crippen LogP contribution in [0.5, 0.6) is 0 Å². The number of hydrogen-bond acceptors (Lipinski definition) is 3. The van der Waals surface area contributed by atoms with Crippen LogP contribution in [0.3, 0.4) is 0 Å². The maximum atomic E-state index is 12.3. The van der Waals surface area contributed by atoms with Crippen molar-refractivity contribution in [3.05, 3.63) is 57.5 Å². The van der Waals surface area contributed by atoms with Crippen molar-refractivity contribution in [3.63, 3.8) is 0 Å². The van der Waals surface area contributed by atoms with Gasteiger partial charge in [-0.1, -0.05) is 36.2 Å². The smallest absolute Gasteiger partial charge is 0.266 e. The highest BCUT2D eigenvalue weighted by Crippen LogP contribution is 2.47. The fourth-order valence-electron chi connectivity index (χ4n) is 2.44. The van der Waals surface area contributed by atoms with Crippen molar-refractivity contribution in [2.75, 3.05) is 5.32 Å². The highest BCUT2D eigenvalue weighted by molar-refractivity contribution is 6.44. The minimum atomic E-state index is -0.570. The van der Waals surface area contributed by atoms with Crippen LogP contribution in [0.25, 0.3) is 6.08 Å². The van der Waals surface area contributed by atoms with Gasteiger partial charge < -0.3 is 9.73 Å². The molecule has 3 rings (SSSR count). The number of nitrogens with zero attached hydrogens (tertiary/aromatic N) is 1. The van der Waals surface area contributed by atoms with Crippen LogP contribution in [0.1, 0.15) is 30.8 Å². The van der Waals surface area contributed by atoms with Crippen LogP contribution in [0.2, 0.25) is 10.0 Å². The Balaban J connectivity index is 1.78. The Morgan fingerprint density at radius 3 is 2.79 bits per heavy atom. The van der Waals surface area contributed by atoms with Gasteiger partial charge in [0.05, 0.1) is 15.7 Å². The van der Waals surface area contributed by atoms with Crippen LogP contribution in [-0.2, 0) is 4.79 Å². The quantitative estimate of drug-likeness (QED) is 0.597. The van der Waals surface area contributed by atoms with Crippen LogP contribution in [0, 0.1) is 17.2 Å². The van der Waals surface area contributed by atoms with Gasteiger partial charge in [-0.3, -0.25) is 4.79 Å². The monoisotopic (exact) mass is 360 g/mol. The van der Waals surface area contributed by atoms with Crippen LogP contribution in [-0.4, -0.2) is 5.91 Å². The lowest BCUT2D eigenvalue weighted by atomic mass is 10.2. The van der Waals surface area contributed by atoms with Gasteiger partial charge in [-0.15, -0.1) is 0 Å².